The molecule has 0 saturated carbocycles. The number of nitrogens with one attached hydrogen (secondary N) is 1. The number of morpholine rings is 1. The van der Waals surface area contributed by atoms with E-state index in [4.69, 9.17) is 16.1 Å². The first-order valence-corrected chi connectivity index (χ1v) is 9.36. The number of ether oxygens (including phenoxy) is 1. The summed E-state index contributed by atoms with van der Waals surface area (Å²) in [5.41, 5.74) is 1.55. The molecule has 1 N–H and O–H groups in total. The second-order valence-corrected chi connectivity index (χ2v) is 6.55. The lowest BCUT2D eigenvalue weighted by molar-refractivity contribution is 0.0953. The molecule has 0 unspecified atom stereocenters. The standard InChI is InChI=1S/C21H25N5O2/c1-3-10-22-20(27)18-16-19(26-12-14-28-15-13-26)24-21(23-18)25(2)11-9-17-7-5-4-6-8-17/h1,4-8,16H,9-15H2,2H3,(H,22,27). The van der Waals surface area contributed by atoms with Gasteiger partial charge in [-0.1, -0.05) is 36.3 Å². The first kappa shape index (κ1) is 19.6. The summed E-state index contributed by atoms with van der Waals surface area (Å²) in [6.07, 6.45) is 6.11. The molecule has 0 spiro atoms. The fourth-order valence-corrected chi connectivity index (χ4v) is 2.93. The Morgan fingerprint density at radius 1 is 1.29 bits per heavy atom. The fourth-order valence-electron chi connectivity index (χ4n) is 2.93. The van der Waals surface area contributed by atoms with Crippen molar-refractivity contribution in [1.82, 2.24) is 15.3 Å². The molecular weight excluding hydrogens is 354 g/mol. The number of hydrogen-bond donors (Lipinski definition) is 1. The molecule has 1 aliphatic heterocycles. The van der Waals surface area contributed by atoms with Crippen LogP contribution in [0.2, 0.25) is 0 Å². The molecule has 1 amide bonds. The lowest BCUT2D eigenvalue weighted by Crippen LogP contribution is -2.37. The maximum atomic E-state index is 12.4. The molecular formula is C21H25N5O2. The Kier molecular flexibility index (Phi) is 6.82. The highest BCUT2D eigenvalue weighted by Gasteiger charge is 2.19. The minimum atomic E-state index is -0.299. The van der Waals surface area contributed by atoms with Crippen molar-refractivity contribution >= 4 is 17.7 Å². The summed E-state index contributed by atoms with van der Waals surface area (Å²) in [6.45, 7) is 3.64. The number of rotatable bonds is 7. The highest BCUT2D eigenvalue weighted by atomic mass is 16.5. The van der Waals surface area contributed by atoms with Gasteiger partial charge in [0, 0.05) is 32.7 Å². The van der Waals surface area contributed by atoms with Gasteiger partial charge in [0.25, 0.3) is 5.91 Å². The van der Waals surface area contributed by atoms with Gasteiger partial charge in [-0.3, -0.25) is 4.79 Å². The van der Waals surface area contributed by atoms with Crippen molar-refractivity contribution in [2.75, 3.05) is 56.2 Å². The Labute approximate surface area is 165 Å². The van der Waals surface area contributed by atoms with Gasteiger partial charge in [0.05, 0.1) is 19.8 Å². The number of anilines is 2. The number of amides is 1. The van der Waals surface area contributed by atoms with Gasteiger partial charge in [-0.25, -0.2) is 4.98 Å². The maximum absolute atomic E-state index is 12.4. The van der Waals surface area contributed by atoms with Gasteiger partial charge in [0.2, 0.25) is 5.95 Å². The van der Waals surface area contributed by atoms with Crippen molar-refractivity contribution in [2.24, 2.45) is 0 Å². The largest absolute Gasteiger partial charge is 0.378 e. The van der Waals surface area contributed by atoms with Gasteiger partial charge in [-0.2, -0.15) is 4.98 Å². The molecule has 1 aromatic heterocycles. The van der Waals surface area contributed by atoms with E-state index in [0.29, 0.717) is 24.9 Å². The highest BCUT2D eigenvalue weighted by Crippen LogP contribution is 2.19. The number of carbonyl (C=O) groups excluding carboxylic acids is 1. The van der Waals surface area contributed by atoms with Crippen LogP contribution in [0.5, 0.6) is 0 Å². The molecule has 0 radical (unpaired) electrons. The van der Waals surface area contributed by atoms with Crippen molar-refractivity contribution in [3.63, 3.8) is 0 Å². The lowest BCUT2D eigenvalue weighted by Gasteiger charge is -2.29. The van der Waals surface area contributed by atoms with Gasteiger partial charge in [0.15, 0.2) is 0 Å². The Hall–Kier alpha value is -3.11. The lowest BCUT2D eigenvalue weighted by atomic mass is 10.1. The topological polar surface area (TPSA) is 70.6 Å². The molecule has 146 valence electrons. The van der Waals surface area contributed by atoms with Crippen LogP contribution in [0.3, 0.4) is 0 Å². The van der Waals surface area contributed by atoms with Crippen LogP contribution in [0, 0.1) is 12.3 Å². The molecule has 7 heteroatoms. The van der Waals surface area contributed by atoms with Crippen LogP contribution in [0.15, 0.2) is 36.4 Å². The molecule has 0 atom stereocenters. The van der Waals surface area contributed by atoms with Gasteiger partial charge in [-0.15, -0.1) is 6.42 Å². The van der Waals surface area contributed by atoms with E-state index in [1.165, 1.54) is 5.56 Å². The quantitative estimate of drug-likeness (QED) is 0.733. The van der Waals surface area contributed by atoms with Gasteiger partial charge < -0.3 is 19.9 Å². The third kappa shape index (κ3) is 5.21. The number of terminal acetylenes is 1. The van der Waals surface area contributed by atoms with E-state index < -0.39 is 0 Å². The summed E-state index contributed by atoms with van der Waals surface area (Å²) < 4.78 is 5.42. The van der Waals surface area contributed by atoms with E-state index in [9.17, 15) is 4.79 Å². The maximum Gasteiger partial charge on any atom is 0.270 e. The molecule has 0 bridgehead atoms. The average Bonchev–Trinajstić information content (AvgIpc) is 2.76. The number of aromatic nitrogens is 2. The minimum absolute atomic E-state index is 0.162. The van der Waals surface area contributed by atoms with Crippen molar-refractivity contribution in [3.8, 4) is 12.3 Å². The monoisotopic (exact) mass is 379 g/mol. The molecule has 1 saturated heterocycles. The van der Waals surface area contributed by atoms with E-state index in [1.807, 2.05) is 30.1 Å². The molecule has 1 aromatic carbocycles. The van der Waals surface area contributed by atoms with Crippen molar-refractivity contribution in [2.45, 2.75) is 6.42 Å². The van der Waals surface area contributed by atoms with Crippen LogP contribution >= 0.6 is 0 Å². The summed E-state index contributed by atoms with van der Waals surface area (Å²) in [5, 5.41) is 2.68. The summed E-state index contributed by atoms with van der Waals surface area (Å²) in [7, 11) is 1.94. The van der Waals surface area contributed by atoms with Crippen LogP contribution < -0.4 is 15.1 Å². The normalized spacial score (nSPS) is 13.6. The molecule has 3 rings (SSSR count). The SMILES string of the molecule is C#CCNC(=O)c1cc(N2CCOCC2)nc(N(C)CCc2ccccc2)n1. The number of nitrogens with zero attached hydrogens (tertiary/aromatic N) is 4. The average molecular weight is 379 g/mol. The van der Waals surface area contributed by atoms with Crippen LogP contribution in [0.25, 0.3) is 0 Å². The molecule has 1 aliphatic rings. The second kappa shape index (κ2) is 9.72. The Morgan fingerprint density at radius 2 is 2.04 bits per heavy atom. The van der Waals surface area contributed by atoms with Crippen LogP contribution in [0.4, 0.5) is 11.8 Å². The summed E-state index contributed by atoms with van der Waals surface area (Å²) in [4.78, 5) is 25.7. The van der Waals surface area contributed by atoms with Gasteiger partial charge in [-0.05, 0) is 12.0 Å². The fraction of sp³-hybridized carbons (Fsp3) is 0.381. The van der Waals surface area contributed by atoms with E-state index in [0.717, 1.165) is 31.9 Å². The molecule has 28 heavy (non-hydrogen) atoms. The summed E-state index contributed by atoms with van der Waals surface area (Å²) in [6, 6.07) is 12.0. The van der Waals surface area contributed by atoms with E-state index >= 15 is 0 Å². The smallest absolute Gasteiger partial charge is 0.270 e. The van der Waals surface area contributed by atoms with Crippen LogP contribution in [-0.2, 0) is 11.2 Å². The zero-order chi connectivity index (χ0) is 19.8. The Bertz CT molecular complexity index is 828. The van der Waals surface area contributed by atoms with Gasteiger partial charge >= 0.3 is 0 Å². The summed E-state index contributed by atoms with van der Waals surface area (Å²) >= 11 is 0. The predicted octanol–water partition coefficient (Wildman–Crippen LogP) is 1.36. The third-order valence-electron chi connectivity index (χ3n) is 4.54. The summed E-state index contributed by atoms with van der Waals surface area (Å²) in [5.74, 6) is 3.36. The van der Waals surface area contributed by atoms with E-state index in [2.05, 4.69) is 33.3 Å². The number of hydrogen-bond acceptors (Lipinski definition) is 6. The molecule has 0 aliphatic carbocycles. The molecule has 2 aromatic rings. The van der Waals surface area contributed by atoms with Gasteiger partial charge in [0.1, 0.15) is 11.5 Å². The second-order valence-electron chi connectivity index (χ2n) is 6.55. The zero-order valence-electron chi connectivity index (χ0n) is 16.1. The Morgan fingerprint density at radius 3 is 2.75 bits per heavy atom. The predicted molar refractivity (Wildman–Crippen MR) is 110 cm³/mol. The third-order valence-corrected chi connectivity index (χ3v) is 4.54. The highest BCUT2D eigenvalue weighted by molar-refractivity contribution is 5.93. The molecule has 7 nitrogen and oxygen atoms in total. The van der Waals surface area contributed by atoms with E-state index in [-0.39, 0.29) is 12.5 Å². The minimum Gasteiger partial charge on any atom is -0.378 e. The van der Waals surface area contributed by atoms with E-state index in [1.54, 1.807) is 6.07 Å². The number of carbonyl (C=O) groups is 1. The zero-order valence-corrected chi connectivity index (χ0v) is 16.1. The number of likely N-dealkylation sites (N-methyl/N-ethyl adjacent to an activating group) is 1. The molecule has 1 fully saturated rings. The Balaban J connectivity index is 1.81. The van der Waals surface area contributed by atoms with Crippen LogP contribution in [0.1, 0.15) is 16.1 Å². The van der Waals surface area contributed by atoms with Crippen LogP contribution in [-0.4, -0.2) is 62.3 Å². The van der Waals surface area contributed by atoms with Crippen molar-refractivity contribution in [3.05, 3.63) is 47.7 Å². The first-order chi connectivity index (χ1) is 13.7. The number of benzene rings is 1. The van der Waals surface area contributed by atoms with Crippen molar-refractivity contribution < 1.29 is 9.53 Å². The first-order valence-electron chi connectivity index (χ1n) is 9.36. The molecule has 2 heterocycles. The van der Waals surface area contributed by atoms with Crippen molar-refractivity contribution in [1.29, 1.82) is 0 Å².